The molecule has 11 heteroatoms. The smallest absolute Gasteiger partial charge is 0.325 e. The molecule has 0 aliphatic carbocycles. The maximum Gasteiger partial charge on any atom is 0.325 e. The summed E-state index contributed by atoms with van der Waals surface area (Å²) in [5, 5.41) is 2.68. The summed E-state index contributed by atoms with van der Waals surface area (Å²) in [4.78, 5) is 28.2. The van der Waals surface area contributed by atoms with E-state index in [2.05, 4.69) is 10.0 Å². The van der Waals surface area contributed by atoms with E-state index in [-0.39, 0.29) is 25.3 Å². The van der Waals surface area contributed by atoms with E-state index in [1.54, 1.807) is 41.3 Å². The van der Waals surface area contributed by atoms with E-state index in [9.17, 15) is 18.0 Å². The first-order valence-electron chi connectivity index (χ1n) is 9.12. The molecular formula is C19H20N4O6S. The first-order chi connectivity index (χ1) is 14.3. The van der Waals surface area contributed by atoms with Crippen LogP contribution < -0.4 is 24.4 Å². The van der Waals surface area contributed by atoms with E-state index >= 15 is 0 Å². The van der Waals surface area contributed by atoms with Gasteiger partial charge in [0.2, 0.25) is 22.7 Å². The van der Waals surface area contributed by atoms with Crippen LogP contribution in [-0.4, -0.2) is 57.9 Å². The Hall–Kier alpha value is -3.47. The number of amides is 3. The Morgan fingerprint density at radius 3 is 2.63 bits per heavy atom. The fourth-order valence-electron chi connectivity index (χ4n) is 3.27. The van der Waals surface area contributed by atoms with Crippen LogP contribution in [0.5, 0.6) is 11.5 Å². The molecule has 2 N–H and O–H groups in total. The minimum atomic E-state index is -3.42. The second kappa shape index (κ2) is 7.75. The molecule has 0 bridgehead atoms. The molecule has 158 valence electrons. The molecule has 2 aromatic carbocycles. The first-order valence-corrected chi connectivity index (χ1v) is 11.0. The lowest BCUT2D eigenvalue weighted by Gasteiger charge is -2.19. The van der Waals surface area contributed by atoms with Crippen molar-refractivity contribution >= 4 is 39.0 Å². The van der Waals surface area contributed by atoms with Gasteiger partial charge in [0.25, 0.3) is 0 Å². The van der Waals surface area contributed by atoms with Crippen LogP contribution in [0.25, 0.3) is 0 Å². The van der Waals surface area contributed by atoms with E-state index < -0.39 is 10.0 Å². The summed E-state index contributed by atoms with van der Waals surface area (Å²) >= 11 is 0. The van der Waals surface area contributed by atoms with Crippen LogP contribution in [0.4, 0.5) is 21.9 Å². The average Bonchev–Trinajstić information content (AvgIpc) is 3.27. The minimum Gasteiger partial charge on any atom is -0.454 e. The number of urea groups is 1. The van der Waals surface area contributed by atoms with Crippen molar-refractivity contribution in [3.8, 4) is 11.5 Å². The quantitative estimate of drug-likeness (QED) is 0.717. The topological polar surface area (TPSA) is 117 Å². The van der Waals surface area contributed by atoms with Crippen molar-refractivity contribution < 1.29 is 27.5 Å². The van der Waals surface area contributed by atoms with Crippen LogP contribution in [0.2, 0.25) is 0 Å². The molecule has 0 radical (unpaired) electrons. The third-order valence-electron chi connectivity index (χ3n) is 4.55. The van der Waals surface area contributed by atoms with Crippen molar-refractivity contribution in [1.82, 2.24) is 4.90 Å². The maximum atomic E-state index is 12.7. The number of rotatable bonds is 6. The maximum absolute atomic E-state index is 12.7. The van der Waals surface area contributed by atoms with Gasteiger partial charge in [0.1, 0.15) is 6.54 Å². The Bertz CT molecular complexity index is 1100. The number of hydrogen-bond donors (Lipinski definition) is 2. The fourth-order valence-corrected chi connectivity index (χ4v) is 3.83. The number of anilines is 3. The van der Waals surface area contributed by atoms with E-state index in [4.69, 9.17) is 9.47 Å². The van der Waals surface area contributed by atoms with Gasteiger partial charge in [-0.15, -0.1) is 0 Å². The lowest BCUT2D eigenvalue weighted by Crippen LogP contribution is -2.37. The second-order valence-corrected chi connectivity index (χ2v) is 8.64. The molecule has 2 aliphatic heterocycles. The van der Waals surface area contributed by atoms with E-state index in [0.717, 1.165) is 6.26 Å². The van der Waals surface area contributed by atoms with Crippen molar-refractivity contribution in [3.63, 3.8) is 0 Å². The molecule has 2 aromatic rings. The highest BCUT2D eigenvalue weighted by Crippen LogP contribution is 2.36. The second-order valence-electron chi connectivity index (χ2n) is 6.90. The van der Waals surface area contributed by atoms with Crippen LogP contribution in [0.3, 0.4) is 0 Å². The molecular weight excluding hydrogens is 412 g/mol. The number of sulfonamides is 1. The largest absolute Gasteiger partial charge is 0.454 e. The Morgan fingerprint density at radius 1 is 1.07 bits per heavy atom. The highest BCUT2D eigenvalue weighted by atomic mass is 32.2. The number of benzene rings is 2. The van der Waals surface area contributed by atoms with Gasteiger partial charge in [0.05, 0.1) is 11.9 Å². The standard InChI is InChI=1S/C19H20N4O6S/c1-30(26,27)21-14-4-2-3-13(9-14)20-18(24)11-22-7-8-23(19(22)25)15-5-6-16-17(10-15)29-12-28-16/h2-6,9-10,21H,7-8,11-12H2,1H3,(H,20,24). The predicted molar refractivity (Wildman–Crippen MR) is 110 cm³/mol. The molecule has 2 heterocycles. The zero-order valence-corrected chi connectivity index (χ0v) is 16.9. The molecule has 0 atom stereocenters. The van der Waals surface area contributed by atoms with Gasteiger partial charge in [-0.2, -0.15) is 0 Å². The van der Waals surface area contributed by atoms with Gasteiger partial charge in [-0.3, -0.25) is 14.4 Å². The summed E-state index contributed by atoms with van der Waals surface area (Å²) < 4.78 is 35.7. The van der Waals surface area contributed by atoms with Gasteiger partial charge >= 0.3 is 6.03 Å². The van der Waals surface area contributed by atoms with Crippen LogP contribution in [0.15, 0.2) is 42.5 Å². The Labute approximate surface area is 173 Å². The Kier molecular flexibility index (Phi) is 5.12. The molecule has 4 rings (SSSR count). The number of nitrogens with zero attached hydrogens (tertiary/aromatic N) is 2. The molecule has 2 aliphatic rings. The van der Waals surface area contributed by atoms with Crippen molar-refractivity contribution in [1.29, 1.82) is 0 Å². The average molecular weight is 432 g/mol. The highest BCUT2D eigenvalue weighted by Gasteiger charge is 2.31. The molecule has 3 amide bonds. The van der Waals surface area contributed by atoms with E-state index in [0.29, 0.717) is 41.7 Å². The summed E-state index contributed by atoms with van der Waals surface area (Å²) in [6.07, 6.45) is 1.04. The molecule has 30 heavy (non-hydrogen) atoms. The van der Waals surface area contributed by atoms with Gasteiger partial charge < -0.3 is 19.7 Å². The zero-order chi connectivity index (χ0) is 21.3. The summed E-state index contributed by atoms with van der Waals surface area (Å²) in [5.41, 5.74) is 1.43. The number of carbonyl (C=O) groups is 2. The monoisotopic (exact) mass is 432 g/mol. The van der Waals surface area contributed by atoms with Crippen LogP contribution in [0, 0.1) is 0 Å². The Morgan fingerprint density at radius 2 is 1.83 bits per heavy atom. The zero-order valence-electron chi connectivity index (χ0n) is 16.1. The number of hydrogen-bond acceptors (Lipinski definition) is 6. The summed E-state index contributed by atoms with van der Waals surface area (Å²) in [7, 11) is -3.42. The Balaban J connectivity index is 1.37. The van der Waals surface area contributed by atoms with Gasteiger partial charge in [0.15, 0.2) is 11.5 Å². The van der Waals surface area contributed by atoms with E-state index in [1.807, 2.05) is 0 Å². The van der Waals surface area contributed by atoms with Crippen LogP contribution >= 0.6 is 0 Å². The number of ether oxygens (including phenoxy) is 2. The number of carbonyl (C=O) groups excluding carboxylic acids is 2. The van der Waals surface area contributed by atoms with Gasteiger partial charge in [-0.25, -0.2) is 13.2 Å². The molecule has 1 fully saturated rings. The summed E-state index contributed by atoms with van der Waals surface area (Å²) in [6.45, 7) is 0.874. The first kappa shape index (κ1) is 19.8. The van der Waals surface area contributed by atoms with E-state index in [1.165, 1.54) is 11.0 Å². The number of fused-ring (bicyclic) bond motifs is 1. The summed E-state index contributed by atoms with van der Waals surface area (Å²) in [6, 6.07) is 11.3. The van der Waals surface area contributed by atoms with Crippen molar-refractivity contribution in [2.24, 2.45) is 0 Å². The SMILES string of the molecule is CS(=O)(=O)Nc1cccc(NC(=O)CN2CCN(c3ccc4c(c3)OCO4)C2=O)c1. The molecule has 0 aromatic heterocycles. The summed E-state index contributed by atoms with van der Waals surface area (Å²) in [5.74, 6) is 0.834. The lowest BCUT2D eigenvalue weighted by molar-refractivity contribution is -0.116. The molecule has 0 saturated carbocycles. The van der Waals surface area contributed by atoms with Crippen molar-refractivity contribution in [2.75, 3.05) is 47.6 Å². The fraction of sp³-hybridized carbons (Fsp3) is 0.263. The molecule has 0 spiro atoms. The van der Waals surface area contributed by atoms with Crippen molar-refractivity contribution in [2.45, 2.75) is 0 Å². The lowest BCUT2D eigenvalue weighted by atomic mass is 10.2. The predicted octanol–water partition coefficient (Wildman–Crippen LogP) is 1.67. The number of nitrogens with one attached hydrogen (secondary N) is 2. The molecule has 1 saturated heterocycles. The normalized spacial score (nSPS) is 15.4. The van der Waals surface area contributed by atoms with Crippen LogP contribution in [-0.2, 0) is 14.8 Å². The molecule has 10 nitrogen and oxygen atoms in total. The third kappa shape index (κ3) is 4.40. The van der Waals surface area contributed by atoms with Crippen molar-refractivity contribution in [3.05, 3.63) is 42.5 Å². The van der Waals surface area contributed by atoms with Gasteiger partial charge in [0, 0.05) is 30.5 Å². The third-order valence-corrected chi connectivity index (χ3v) is 5.15. The van der Waals surface area contributed by atoms with Gasteiger partial charge in [-0.1, -0.05) is 6.07 Å². The minimum absolute atomic E-state index is 0.121. The van der Waals surface area contributed by atoms with Crippen LogP contribution in [0.1, 0.15) is 0 Å². The van der Waals surface area contributed by atoms with Gasteiger partial charge in [-0.05, 0) is 30.3 Å². The highest BCUT2D eigenvalue weighted by molar-refractivity contribution is 7.92. The molecule has 0 unspecified atom stereocenters.